The molecule has 0 spiro atoms. The molecule has 2 N–H and O–H groups in total. The van der Waals surface area contributed by atoms with Crippen LogP contribution in [0.4, 0.5) is 5.00 Å². The summed E-state index contributed by atoms with van der Waals surface area (Å²) in [5, 5.41) is 11.9. The van der Waals surface area contributed by atoms with Crippen LogP contribution >= 0.6 is 45.9 Å². The van der Waals surface area contributed by atoms with E-state index in [0.717, 1.165) is 16.0 Å². The van der Waals surface area contributed by atoms with Crippen LogP contribution in [0.3, 0.4) is 0 Å². The number of hydrazine groups is 1. The SMILES string of the molecule is O=C(NNC(=O)c1sc2cc(Cl)ccc2c1Cl)c1ccc([N+](=O)[O-])s1. The molecule has 1 aromatic carbocycles. The summed E-state index contributed by atoms with van der Waals surface area (Å²) in [4.78, 5) is 34.5. The van der Waals surface area contributed by atoms with Crippen molar-refractivity contribution < 1.29 is 14.5 Å². The number of rotatable bonds is 3. The first-order valence-electron chi connectivity index (χ1n) is 6.59. The number of fused-ring (bicyclic) bond motifs is 1. The van der Waals surface area contributed by atoms with E-state index >= 15 is 0 Å². The third kappa shape index (κ3) is 3.59. The van der Waals surface area contributed by atoms with Gasteiger partial charge >= 0.3 is 5.00 Å². The van der Waals surface area contributed by atoms with E-state index in [9.17, 15) is 19.7 Å². The van der Waals surface area contributed by atoms with Gasteiger partial charge in [0.05, 0.1) is 9.95 Å². The molecular formula is C14H7Cl2N3O4S2. The first-order chi connectivity index (χ1) is 11.9. The van der Waals surface area contributed by atoms with Crippen LogP contribution in [0.1, 0.15) is 19.3 Å². The second kappa shape index (κ2) is 6.96. The van der Waals surface area contributed by atoms with Gasteiger partial charge in [0.25, 0.3) is 11.8 Å². The fourth-order valence-electron chi connectivity index (χ4n) is 1.96. The molecule has 25 heavy (non-hydrogen) atoms. The second-order valence-electron chi connectivity index (χ2n) is 4.69. The summed E-state index contributed by atoms with van der Waals surface area (Å²) in [6.07, 6.45) is 0. The van der Waals surface area contributed by atoms with Crippen LogP contribution in [-0.4, -0.2) is 16.7 Å². The Morgan fingerprint density at radius 3 is 2.44 bits per heavy atom. The molecule has 11 heteroatoms. The lowest BCUT2D eigenvalue weighted by molar-refractivity contribution is -0.380. The van der Waals surface area contributed by atoms with E-state index in [1.807, 2.05) is 0 Å². The molecule has 128 valence electrons. The Kier molecular flexibility index (Phi) is 4.91. The number of benzene rings is 1. The highest BCUT2D eigenvalue weighted by atomic mass is 35.5. The highest BCUT2D eigenvalue weighted by Gasteiger charge is 2.19. The van der Waals surface area contributed by atoms with Gasteiger partial charge in [-0.1, -0.05) is 40.6 Å². The molecule has 0 radical (unpaired) electrons. The Bertz CT molecular complexity index is 1010. The van der Waals surface area contributed by atoms with Crippen molar-refractivity contribution in [1.82, 2.24) is 10.9 Å². The second-order valence-corrected chi connectivity index (χ2v) is 7.62. The average molecular weight is 416 g/mol. The van der Waals surface area contributed by atoms with Crippen molar-refractivity contribution in [2.24, 2.45) is 0 Å². The zero-order valence-corrected chi connectivity index (χ0v) is 15.2. The van der Waals surface area contributed by atoms with Crippen LogP contribution in [-0.2, 0) is 0 Å². The van der Waals surface area contributed by atoms with Crippen molar-refractivity contribution in [3.8, 4) is 0 Å². The number of nitrogens with zero attached hydrogens (tertiary/aromatic N) is 1. The third-order valence-electron chi connectivity index (χ3n) is 3.08. The molecule has 0 unspecified atom stereocenters. The molecule has 0 aliphatic rings. The number of thiophene rings is 2. The van der Waals surface area contributed by atoms with E-state index in [0.29, 0.717) is 21.7 Å². The van der Waals surface area contributed by atoms with Gasteiger partial charge in [0.2, 0.25) is 0 Å². The van der Waals surface area contributed by atoms with Crippen molar-refractivity contribution in [3.63, 3.8) is 0 Å². The van der Waals surface area contributed by atoms with Gasteiger partial charge in [-0.05, 0) is 18.2 Å². The zero-order chi connectivity index (χ0) is 18.1. The van der Waals surface area contributed by atoms with E-state index in [1.165, 1.54) is 12.1 Å². The number of hydrogen-bond acceptors (Lipinski definition) is 6. The summed E-state index contributed by atoms with van der Waals surface area (Å²) >= 11 is 13.9. The van der Waals surface area contributed by atoms with Crippen molar-refractivity contribution in [2.75, 3.05) is 0 Å². The number of hydrogen-bond donors (Lipinski definition) is 2. The maximum absolute atomic E-state index is 12.2. The van der Waals surface area contributed by atoms with Crippen LogP contribution in [0.5, 0.6) is 0 Å². The molecule has 3 aromatic rings. The van der Waals surface area contributed by atoms with Crippen LogP contribution in [0.25, 0.3) is 10.1 Å². The summed E-state index contributed by atoms with van der Waals surface area (Å²) in [7, 11) is 0. The Morgan fingerprint density at radius 1 is 1.04 bits per heavy atom. The van der Waals surface area contributed by atoms with Crippen LogP contribution in [0.15, 0.2) is 30.3 Å². The first-order valence-corrected chi connectivity index (χ1v) is 8.98. The molecule has 0 atom stereocenters. The predicted octanol–water partition coefficient (Wildman–Crippen LogP) is 4.25. The Morgan fingerprint density at radius 2 is 1.76 bits per heavy atom. The lowest BCUT2D eigenvalue weighted by Crippen LogP contribution is -2.41. The Balaban J connectivity index is 1.73. The van der Waals surface area contributed by atoms with E-state index in [1.54, 1.807) is 18.2 Å². The molecule has 2 amide bonds. The summed E-state index contributed by atoms with van der Waals surface area (Å²) < 4.78 is 0.739. The van der Waals surface area contributed by atoms with Crippen LogP contribution in [0, 0.1) is 10.1 Å². The van der Waals surface area contributed by atoms with Gasteiger partial charge in [0.15, 0.2) is 0 Å². The molecule has 0 saturated carbocycles. The summed E-state index contributed by atoms with van der Waals surface area (Å²) in [5.74, 6) is -1.26. The van der Waals surface area contributed by atoms with Gasteiger partial charge in [-0.15, -0.1) is 11.3 Å². The van der Waals surface area contributed by atoms with Gasteiger partial charge in [-0.3, -0.25) is 30.6 Å². The number of carbonyl (C=O) groups is 2. The molecule has 0 saturated heterocycles. The van der Waals surface area contributed by atoms with Gasteiger partial charge in [-0.2, -0.15) is 0 Å². The van der Waals surface area contributed by atoms with Crippen molar-refractivity contribution in [3.05, 3.63) is 60.2 Å². The average Bonchev–Trinajstić information content (AvgIpc) is 3.18. The zero-order valence-electron chi connectivity index (χ0n) is 12.0. The van der Waals surface area contributed by atoms with Gasteiger partial charge in [-0.25, -0.2) is 0 Å². The quantitative estimate of drug-likeness (QED) is 0.492. The minimum Gasteiger partial charge on any atom is -0.266 e. The largest absolute Gasteiger partial charge is 0.324 e. The third-order valence-corrected chi connectivity index (χ3v) is 6.01. The number of amides is 2. The maximum Gasteiger partial charge on any atom is 0.324 e. The van der Waals surface area contributed by atoms with E-state index in [-0.39, 0.29) is 19.8 Å². The van der Waals surface area contributed by atoms with E-state index in [4.69, 9.17) is 23.2 Å². The highest BCUT2D eigenvalue weighted by molar-refractivity contribution is 7.21. The highest BCUT2D eigenvalue weighted by Crippen LogP contribution is 2.36. The van der Waals surface area contributed by atoms with Crippen LogP contribution < -0.4 is 10.9 Å². The van der Waals surface area contributed by atoms with Crippen LogP contribution in [0.2, 0.25) is 10.0 Å². The molecule has 0 fully saturated rings. The monoisotopic (exact) mass is 415 g/mol. The topological polar surface area (TPSA) is 101 Å². The molecule has 0 aliphatic carbocycles. The molecule has 0 aliphatic heterocycles. The van der Waals surface area contributed by atoms with Gasteiger partial charge in [0.1, 0.15) is 9.75 Å². The lowest BCUT2D eigenvalue weighted by Gasteiger charge is -2.04. The fraction of sp³-hybridized carbons (Fsp3) is 0. The Labute approximate surface area is 158 Å². The number of nitrogens with one attached hydrogen (secondary N) is 2. The Hall–Kier alpha value is -2.20. The van der Waals surface area contributed by atoms with Gasteiger partial charge in [0, 0.05) is 21.2 Å². The minimum absolute atomic E-state index is 0.0984. The van der Waals surface area contributed by atoms with Crippen molar-refractivity contribution >= 4 is 72.8 Å². The summed E-state index contributed by atoms with van der Waals surface area (Å²) in [6.45, 7) is 0. The maximum atomic E-state index is 12.2. The summed E-state index contributed by atoms with van der Waals surface area (Å²) in [6, 6.07) is 7.58. The number of nitro groups is 1. The van der Waals surface area contributed by atoms with E-state index in [2.05, 4.69) is 10.9 Å². The number of halogens is 2. The summed E-state index contributed by atoms with van der Waals surface area (Å²) in [5.41, 5.74) is 4.45. The standard InChI is InChI=1S/C14H7Cl2N3O4S2/c15-6-1-2-7-9(5-6)25-12(11(7)16)14(21)18-17-13(20)8-3-4-10(24-8)19(22)23/h1-5H,(H,17,20)(H,18,21). The normalized spacial score (nSPS) is 10.6. The van der Waals surface area contributed by atoms with Crippen molar-refractivity contribution in [1.29, 1.82) is 0 Å². The smallest absolute Gasteiger partial charge is 0.266 e. The minimum atomic E-state index is -0.660. The first kappa shape index (κ1) is 17.6. The number of carbonyl (C=O) groups excluding carboxylic acids is 2. The molecule has 2 heterocycles. The van der Waals surface area contributed by atoms with Gasteiger partial charge < -0.3 is 0 Å². The lowest BCUT2D eigenvalue weighted by atomic mass is 10.2. The fourth-order valence-corrected chi connectivity index (χ4v) is 4.37. The molecule has 3 rings (SSSR count). The van der Waals surface area contributed by atoms with Crippen molar-refractivity contribution in [2.45, 2.75) is 0 Å². The molecule has 0 bridgehead atoms. The molecule has 7 nitrogen and oxygen atoms in total. The molecule has 2 aromatic heterocycles. The molecular weight excluding hydrogens is 409 g/mol. The van der Waals surface area contributed by atoms with E-state index < -0.39 is 16.7 Å². The predicted molar refractivity (Wildman–Crippen MR) is 97.8 cm³/mol.